The Labute approximate surface area is 150 Å². The molecule has 0 aliphatic carbocycles. The molecule has 26 heavy (non-hydrogen) atoms. The zero-order valence-electron chi connectivity index (χ0n) is 14.6. The van der Waals surface area contributed by atoms with Crippen LogP contribution in [0.5, 0.6) is 0 Å². The van der Waals surface area contributed by atoms with Crippen molar-refractivity contribution in [3.8, 4) is 0 Å². The number of anilines is 1. The van der Waals surface area contributed by atoms with Gasteiger partial charge in [0.2, 0.25) is 5.82 Å². The van der Waals surface area contributed by atoms with Gasteiger partial charge in [-0.25, -0.2) is 4.98 Å². The molecule has 1 aliphatic rings. The van der Waals surface area contributed by atoms with E-state index in [0.717, 1.165) is 16.7 Å². The van der Waals surface area contributed by atoms with Gasteiger partial charge in [0.15, 0.2) is 0 Å². The third-order valence-corrected chi connectivity index (χ3v) is 4.39. The molecule has 3 aromatic rings. The summed E-state index contributed by atoms with van der Waals surface area (Å²) in [5.41, 5.74) is 1.43. The molecule has 1 fully saturated rings. The van der Waals surface area contributed by atoms with Crippen LogP contribution >= 0.6 is 0 Å². The minimum Gasteiger partial charge on any atom is -0.366 e. The first-order chi connectivity index (χ1) is 12.6. The van der Waals surface area contributed by atoms with Crippen molar-refractivity contribution in [3.05, 3.63) is 41.7 Å². The molecule has 4 rings (SSSR count). The summed E-state index contributed by atoms with van der Waals surface area (Å²) in [7, 11) is 3.82. The number of rotatable bonds is 3. The van der Waals surface area contributed by atoms with E-state index in [1.54, 1.807) is 4.90 Å². The van der Waals surface area contributed by atoms with Gasteiger partial charge in [-0.1, -0.05) is 23.4 Å². The van der Waals surface area contributed by atoms with Crippen LogP contribution in [-0.2, 0) is 4.74 Å². The fraction of sp³-hybridized carbons (Fsp3) is 0.353. The smallest absolute Gasteiger partial charge is 0.254 e. The molecule has 3 heterocycles. The summed E-state index contributed by atoms with van der Waals surface area (Å²) in [6.07, 6.45) is -0.382. The number of hydrogen-bond acceptors (Lipinski definition) is 7. The van der Waals surface area contributed by atoms with E-state index in [1.807, 2.05) is 49.3 Å². The molecular weight excluding hydrogens is 334 g/mol. The van der Waals surface area contributed by atoms with Crippen molar-refractivity contribution in [1.82, 2.24) is 30.5 Å². The summed E-state index contributed by atoms with van der Waals surface area (Å²) < 4.78 is 5.69. The number of nitrogens with zero attached hydrogens (tertiary/aromatic N) is 6. The minimum atomic E-state index is -0.382. The van der Waals surface area contributed by atoms with Crippen molar-refractivity contribution in [2.75, 3.05) is 38.7 Å². The molecule has 2 aromatic heterocycles. The third kappa shape index (κ3) is 2.97. The molecule has 0 bridgehead atoms. The number of amides is 1. The van der Waals surface area contributed by atoms with Crippen LogP contribution in [0.4, 0.5) is 5.82 Å². The Bertz CT molecular complexity index is 926. The zero-order valence-corrected chi connectivity index (χ0v) is 14.6. The molecule has 1 aliphatic heterocycles. The summed E-state index contributed by atoms with van der Waals surface area (Å²) in [4.78, 5) is 21.5. The number of benzene rings is 1. The van der Waals surface area contributed by atoms with Crippen LogP contribution in [0.3, 0.4) is 0 Å². The Kier molecular flexibility index (Phi) is 4.21. The molecule has 1 saturated heterocycles. The Morgan fingerprint density at radius 3 is 2.96 bits per heavy atom. The van der Waals surface area contributed by atoms with Crippen molar-refractivity contribution < 1.29 is 9.53 Å². The molecular formula is C17H19N7O2. The lowest BCUT2D eigenvalue weighted by Crippen LogP contribution is -2.42. The second-order valence-corrected chi connectivity index (χ2v) is 6.32. The maximum absolute atomic E-state index is 13.3. The summed E-state index contributed by atoms with van der Waals surface area (Å²) in [5, 5.41) is 14.8. The number of nitrogens with one attached hydrogen (secondary N) is 1. The van der Waals surface area contributed by atoms with Gasteiger partial charge in [0.1, 0.15) is 11.9 Å². The first-order valence-electron chi connectivity index (χ1n) is 8.35. The molecule has 1 aromatic carbocycles. The van der Waals surface area contributed by atoms with Crippen LogP contribution in [0.1, 0.15) is 22.3 Å². The predicted molar refractivity (Wildman–Crippen MR) is 94.8 cm³/mol. The van der Waals surface area contributed by atoms with Crippen LogP contribution in [0, 0.1) is 0 Å². The largest absolute Gasteiger partial charge is 0.366 e. The summed E-state index contributed by atoms with van der Waals surface area (Å²) in [5.74, 6) is 1.15. The van der Waals surface area contributed by atoms with Gasteiger partial charge < -0.3 is 14.5 Å². The van der Waals surface area contributed by atoms with E-state index in [1.165, 1.54) is 0 Å². The monoisotopic (exact) mass is 353 g/mol. The van der Waals surface area contributed by atoms with Crippen molar-refractivity contribution in [1.29, 1.82) is 0 Å². The molecule has 0 saturated carbocycles. The molecule has 1 amide bonds. The first kappa shape index (κ1) is 16.4. The minimum absolute atomic E-state index is 0.0523. The Hall–Kier alpha value is -3.07. The molecule has 1 N–H and O–H groups in total. The Morgan fingerprint density at radius 2 is 2.19 bits per heavy atom. The van der Waals surface area contributed by atoms with Crippen molar-refractivity contribution in [2.24, 2.45) is 0 Å². The van der Waals surface area contributed by atoms with E-state index < -0.39 is 0 Å². The number of ether oxygens (including phenoxy) is 1. The van der Waals surface area contributed by atoms with Gasteiger partial charge in [0, 0.05) is 26.0 Å². The molecule has 9 nitrogen and oxygen atoms in total. The maximum atomic E-state index is 13.3. The maximum Gasteiger partial charge on any atom is 0.254 e. The molecule has 0 radical (unpaired) electrons. The Morgan fingerprint density at radius 1 is 1.35 bits per heavy atom. The zero-order chi connectivity index (χ0) is 18.1. The highest BCUT2D eigenvalue weighted by atomic mass is 16.5. The van der Waals surface area contributed by atoms with Crippen molar-refractivity contribution in [2.45, 2.75) is 6.10 Å². The average molecular weight is 353 g/mol. The average Bonchev–Trinajstić information content (AvgIpc) is 3.21. The van der Waals surface area contributed by atoms with Gasteiger partial charge in [0.25, 0.3) is 5.91 Å². The molecule has 1 unspecified atom stereocenters. The quantitative estimate of drug-likeness (QED) is 0.750. The highest BCUT2D eigenvalue weighted by molar-refractivity contribution is 6.07. The number of tetrazole rings is 1. The van der Waals surface area contributed by atoms with E-state index in [0.29, 0.717) is 31.1 Å². The lowest BCUT2D eigenvalue weighted by Gasteiger charge is -2.32. The number of para-hydroxylation sites is 1. The predicted octanol–water partition coefficient (Wildman–Crippen LogP) is 1.03. The normalized spacial score (nSPS) is 17.5. The van der Waals surface area contributed by atoms with Crippen LogP contribution in [-0.4, -0.2) is 70.2 Å². The van der Waals surface area contributed by atoms with Crippen LogP contribution in [0.15, 0.2) is 30.3 Å². The van der Waals surface area contributed by atoms with Gasteiger partial charge in [-0.3, -0.25) is 4.79 Å². The number of fused-ring (bicyclic) bond motifs is 1. The lowest BCUT2D eigenvalue weighted by molar-refractivity contribution is -0.0267. The Balaban J connectivity index is 1.69. The molecule has 9 heteroatoms. The molecule has 134 valence electrons. The van der Waals surface area contributed by atoms with E-state index in [9.17, 15) is 4.79 Å². The number of carbonyl (C=O) groups excluding carboxylic acids is 1. The fourth-order valence-electron chi connectivity index (χ4n) is 3.03. The number of aromatic amines is 1. The van der Waals surface area contributed by atoms with Gasteiger partial charge in [-0.2, -0.15) is 5.21 Å². The first-order valence-corrected chi connectivity index (χ1v) is 8.35. The topological polar surface area (TPSA) is 100 Å². The fourth-order valence-corrected chi connectivity index (χ4v) is 3.03. The second-order valence-electron chi connectivity index (χ2n) is 6.32. The highest BCUT2D eigenvalue weighted by Crippen LogP contribution is 2.26. The van der Waals surface area contributed by atoms with Crippen molar-refractivity contribution in [3.63, 3.8) is 0 Å². The van der Waals surface area contributed by atoms with E-state index >= 15 is 0 Å². The number of H-pyrrole nitrogens is 1. The third-order valence-electron chi connectivity index (χ3n) is 4.39. The second kappa shape index (κ2) is 6.68. The van der Waals surface area contributed by atoms with E-state index in [4.69, 9.17) is 4.74 Å². The van der Waals surface area contributed by atoms with E-state index in [-0.39, 0.29) is 12.0 Å². The number of pyridine rings is 1. The summed E-state index contributed by atoms with van der Waals surface area (Å²) in [6.45, 7) is 1.32. The van der Waals surface area contributed by atoms with Gasteiger partial charge >= 0.3 is 0 Å². The van der Waals surface area contributed by atoms with Gasteiger partial charge in [-0.05, 0) is 12.1 Å². The van der Waals surface area contributed by atoms with Crippen LogP contribution < -0.4 is 4.90 Å². The van der Waals surface area contributed by atoms with Gasteiger partial charge in [0.05, 0.1) is 24.2 Å². The van der Waals surface area contributed by atoms with Gasteiger partial charge in [-0.15, -0.1) is 10.2 Å². The lowest BCUT2D eigenvalue weighted by atomic mass is 10.1. The number of carbonyl (C=O) groups is 1. The summed E-state index contributed by atoms with van der Waals surface area (Å²) in [6, 6.07) is 9.51. The number of morpholine rings is 1. The number of hydrogen-bond donors (Lipinski definition) is 1. The standard InChI is InChI=1S/C17H19N7O2/c1-23(2)15-9-12(11-5-3-4-6-13(11)18-15)17(25)24-7-8-26-14(10-24)16-19-21-22-20-16/h3-6,9,14H,7-8,10H2,1-2H3,(H,19,20,21,22). The summed E-state index contributed by atoms with van der Waals surface area (Å²) >= 11 is 0. The van der Waals surface area contributed by atoms with Crippen molar-refractivity contribution >= 4 is 22.6 Å². The molecule has 0 spiro atoms. The highest BCUT2D eigenvalue weighted by Gasteiger charge is 2.29. The van der Waals surface area contributed by atoms with Crippen LogP contribution in [0.2, 0.25) is 0 Å². The SMILES string of the molecule is CN(C)c1cc(C(=O)N2CCOC(c3nn[nH]n3)C2)c2ccccc2n1. The number of aromatic nitrogens is 5. The molecule has 1 atom stereocenters. The van der Waals surface area contributed by atoms with E-state index in [2.05, 4.69) is 25.6 Å². The van der Waals surface area contributed by atoms with Crippen LogP contribution in [0.25, 0.3) is 10.9 Å².